The maximum Gasteiger partial charge on any atom is 0.271 e. The second-order valence-corrected chi connectivity index (χ2v) is 3.97. The Balaban J connectivity index is 2.69. The van der Waals surface area contributed by atoms with Gasteiger partial charge in [0.15, 0.2) is 5.69 Å². The van der Waals surface area contributed by atoms with Gasteiger partial charge in [0.05, 0.1) is 0 Å². The average Bonchev–Trinajstić information content (AvgIpc) is 2.51. The minimum atomic E-state index is -0.562. The van der Waals surface area contributed by atoms with Gasteiger partial charge in [0.1, 0.15) is 11.6 Å². The number of hydrogen-bond donors (Lipinski definition) is 2. The fraction of sp³-hybridized carbons (Fsp3) is 0.636. The third kappa shape index (κ3) is 2.74. The van der Waals surface area contributed by atoms with Gasteiger partial charge in [0.2, 0.25) is 0 Å². The summed E-state index contributed by atoms with van der Waals surface area (Å²) >= 11 is 0. The predicted octanol–water partition coefficient (Wildman–Crippen LogP) is 1.45. The molecule has 1 heterocycles. The van der Waals surface area contributed by atoms with E-state index < -0.39 is 5.91 Å². The third-order valence-electron chi connectivity index (χ3n) is 2.67. The fourth-order valence-corrected chi connectivity index (χ4v) is 1.74. The number of aromatic nitrogens is 2. The summed E-state index contributed by atoms with van der Waals surface area (Å²) in [6.45, 7) is 4.81. The van der Waals surface area contributed by atoms with Gasteiger partial charge in [-0.2, -0.15) is 0 Å². The molecule has 0 spiro atoms. The summed E-state index contributed by atoms with van der Waals surface area (Å²) in [6, 6.07) is 0. The van der Waals surface area contributed by atoms with Gasteiger partial charge in [-0.15, -0.1) is 0 Å². The van der Waals surface area contributed by atoms with Crippen LogP contribution in [0.25, 0.3) is 0 Å². The van der Waals surface area contributed by atoms with Gasteiger partial charge in [-0.05, 0) is 13.3 Å². The summed E-state index contributed by atoms with van der Waals surface area (Å²) in [6.07, 6.45) is 4.63. The number of carbonyl (C=O) groups is 1. The van der Waals surface area contributed by atoms with Crippen LogP contribution >= 0.6 is 0 Å². The van der Waals surface area contributed by atoms with Gasteiger partial charge in [-0.1, -0.05) is 26.2 Å². The predicted molar refractivity (Wildman–Crippen MR) is 64.0 cm³/mol. The first kappa shape index (κ1) is 12.5. The number of nitrogen functional groups attached to an aromatic ring is 1. The number of carbonyl (C=O) groups excluding carboxylic acids is 1. The molecule has 5 heteroatoms. The highest BCUT2D eigenvalue weighted by Gasteiger charge is 2.15. The molecular formula is C11H20N4O. The highest BCUT2D eigenvalue weighted by molar-refractivity contribution is 5.95. The van der Waals surface area contributed by atoms with Crippen molar-refractivity contribution in [1.29, 1.82) is 0 Å². The van der Waals surface area contributed by atoms with E-state index in [1.807, 2.05) is 11.5 Å². The molecule has 0 fully saturated rings. The van der Waals surface area contributed by atoms with E-state index in [0.717, 1.165) is 18.8 Å². The molecular weight excluding hydrogens is 204 g/mol. The molecule has 16 heavy (non-hydrogen) atoms. The van der Waals surface area contributed by atoms with Crippen LogP contribution in [0.2, 0.25) is 0 Å². The molecule has 0 saturated carbocycles. The van der Waals surface area contributed by atoms with Crippen molar-refractivity contribution in [1.82, 2.24) is 9.55 Å². The van der Waals surface area contributed by atoms with Crippen LogP contribution in [-0.4, -0.2) is 15.5 Å². The Morgan fingerprint density at radius 1 is 1.38 bits per heavy atom. The summed E-state index contributed by atoms with van der Waals surface area (Å²) < 4.78 is 1.86. The minimum Gasteiger partial charge on any atom is -0.383 e. The molecule has 0 aliphatic carbocycles. The maximum atomic E-state index is 11.0. The van der Waals surface area contributed by atoms with Crippen molar-refractivity contribution in [2.45, 2.75) is 46.1 Å². The maximum absolute atomic E-state index is 11.0. The first-order chi connectivity index (χ1) is 7.57. The van der Waals surface area contributed by atoms with Crippen LogP contribution in [0, 0.1) is 6.92 Å². The summed E-state index contributed by atoms with van der Waals surface area (Å²) in [5, 5.41) is 0. The topological polar surface area (TPSA) is 86.9 Å². The highest BCUT2D eigenvalue weighted by atomic mass is 16.1. The lowest BCUT2D eigenvalue weighted by Gasteiger charge is -2.06. The van der Waals surface area contributed by atoms with Gasteiger partial charge in [-0.25, -0.2) is 4.98 Å². The fourth-order valence-electron chi connectivity index (χ4n) is 1.74. The van der Waals surface area contributed by atoms with E-state index in [4.69, 9.17) is 11.5 Å². The number of amides is 1. The zero-order valence-corrected chi connectivity index (χ0v) is 9.99. The molecule has 0 aromatic carbocycles. The smallest absolute Gasteiger partial charge is 0.271 e. The van der Waals surface area contributed by atoms with E-state index in [-0.39, 0.29) is 5.69 Å². The summed E-state index contributed by atoms with van der Waals surface area (Å²) in [5.41, 5.74) is 11.2. The van der Waals surface area contributed by atoms with Crippen molar-refractivity contribution in [3.8, 4) is 0 Å². The Bertz CT molecular complexity index is 370. The van der Waals surface area contributed by atoms with Crippen molar-refractivity contribution in [2.24, 2.45) is 5.73 Å². The molecule has 0 atom stereocenters. The quantitative estimate of drug-likeness (QED) is 0.717. The first-order valence-electron chi connectivity index (χ1n) is 5.70. The number of anilines is 1. The van der Waals surface area contributed by atoms with Gasteiger partial charge >= 0.3 is 0 Å². The third-order valence-corrected chi connectivity index (χ3v) is 2.67. The van der Waals surface area contributed by atoms with Gasteiger partial charge in [-0.3, -0.25) is 4.79 Å². The van der Waals surface area contributed by atoms with Crippen molar-refractivity contribution in [3.05, 3.63) is 11.5 Å². The number of primary amides is 1. The largest absolute Gasteiger partial charge is 0.383 e. The molecule has 1 amide bonds. The second kappa shape index (κ2) is 5.53. The lowest BCUT2D eigenvalue weighted by Crippen LogP contribution is -2.14. The SMILES string of the molecule is CCCCCCn1c(C)nc(C(N)=O)c1N. The number of nitrogens with zero attached hydrogens (tertiary/aromatic N) is 2. The van der Waals surface area contributed by atoms with Crippen molar-refractivity contribution in [3.63, 3.8) is 0 Å². The van der Waals surface area contributed by atoms with Gasteiger partial charge < -0.3 is 16.0 Å². The van der Waals surface area contributed by atoms with E-state index >= 15 is 0 Å². The van der Waals surface area contributed by atoms with Crippen LogP contribution in [0.15, 0.2) is 0 Å². The molecule has 0 unspecified atom stereocenters. The van der Waals surface area contributed by atoms with E-state index in [1.165, 1.54) is 19.3 Å². The number of rotatable bonds is 6. The van der Waals surface area contributed by atoms with Crippen LogP contribution in [-0.2, 0) is 6.54 Å². The van der Waals surface area contributed by atoms with Crippen molar-refractivity contribution in [2.75, 3.05) is 5.73 Å². The van der Waals surface area contributed by atoms with Crippen molar-refractivity contribution >= 4 is 11.7 Å². The number of unbranched alkanes of at least 4 members (excludes halogenated alkanes) is 3. The van der Waals surface area contributed by atoms with Gasteiger partial charge in [0, 0.05) is 6.54 Å². The summed E-state index contributed by atoms with van der Waals surface area (Å²) in [5.74, 6) is 0.581. The zero-order valence-electron chi connectivity index (χ0n) is 9.99. The molecule has 0 aliphatic heterocycles. The standard InChI is InChI=1S/C11H20N4O/c1-3-4-5-6-7-15-8(2)14-9(10(15)12)11(13)16/h3-7,12H2,1-2H3,(H2,13,16). The Hall–Kier alpha value is -1.52. The monoisotopic (exact) mass is 224 g/mol. The molecule has 5 nitrogen and oxygen atoms in total. The first-order valence-corrected chi connectivity index (χ1v) is 5.70. The molecule has 4 N–H and O–H groups in total. The van der Waals surface area contributed by atoms with Crippen LogP contribution in [0.3, 0.4) is 0 Å². The molecule has 1 aromatic rings. The van der Waals surface area contributed by atoms with E-state index in [9.17, 15) is 4.79 Å². The lowest BCUT2D eigenvalue weighted by molar-refractivity contribution is 0.0997. The molecule has 0 bridgehead atoms. The Kier molecular flexibility index (Phi) is 4.34. The number of nitrogens with two attached hydrogens (primary N) is 2. The Morgan fingerprint density at radius 2 is 2.06 bits per heavy atom. The lowest BCUT2D eigenvalue weighted by atomic mass is 10.2. The number of hydrogen-bond acceptors (Lipinski definition) is 3. The van der Waals surface area contributed by atoms with Crippen LogP contribution in [0.5, 0.6) is 0 Å². The highest BCUT2D eigenvalue weighted by Crippen LogP contribution is 2.15. The normalized spacial score (nSPS) is 10.6. The van der Waals surface area contributed by atoms with Crippen LogP contribution < -0.4 is 11.5 Å². The van der Waals surface area contributed by atoms with E-state index in [1.54, 1.807) is 0 Å². The Labute approximate surface area is 95.8 Å². The number of aryl methyl sites for hydroxylation is 1. The molecule has 0 saturated heterocycles. The van der Waals surface area contributed by atoms with E-state index in [0.29, 0.717) is 5.82 Å². The Morgan fingerprint density at radius 3 is 2.56 bits per heavy atom. The van der Waals surface area contributed by atoms with Crippen molar-refractivity contribution < 1.29 is 4.79 Å². The number of imidazole rings is 1. The minimum absolute atomic E-state index is 0.188. The van der Waals surface area contributed by atoms with E-state index in [2.05, 4.69) is 11.9 Å². The van der Waals surface area contributed by atoms with Crippen LogP contribution in [0.1, 0.15) is 48.9 Å². The molecule has 1 aromatic heterocycles. The molecule has 0 aliphatic rings. The molecule has 1 rings (SSSR count). The molecule has 0 radical (unpaired) electrons. The average molecular weight is 224 g/mol. The second-order valence-electron chi connectivity index (χ2n) is 3.97. The van der Waals surface area contributed by atoms with Gasteiger partial charge in [0.25, 0.3) is 5.91 Å². The molecule has 90 valence electrons. The summed E-state index contributed by atoms with van der Waals surface area (Å²) in [7, 11) is 0. The summed E-state index contributed by atoms with van der Waals surface area (Å²) in [4.78, 5) is 15.1. The van der Waals surface area contributed by atoms with Crippen LogP contribution in [0.4, 0.5) is 5.82 Å². The zero-order chi connectivity index (χ0) is 12.1.